The molecule has 0 atom stereocenters. The van der Waals surface area contributed by atoms with Gasteiger partial charge in [-0.05, 0) is 24.6 Å². The summed E-state index contributed by atoms with van der Waals surface area (Å²) in [6.07, 6.45) is 2.60. The highest BCUT2D eigenvalue weighted by atomic mass is 16.5. The first-order chi connectivity index (χ1) is 7.72. The van der Waals surface area contributed by atoms with Crippen LogP contribution >= 0.6 is 0 Å². The number of ether oxygens (including phenoxy) is 1. The summed E-state index contributed by atoms with van der Waals surface area (Å²) in [6, 6.07) is 5.30. The molecular weight excluding hydrogens is 202 g/mol. The van der Waals surface area contributed by atoms with Crippen LogP contribution in [0.3, 0.4) is 0 Å². The number of hydrogen-bond acceptors (Lipinski definition) is 2. The Bertz CT molecular complexity index is 386. The van der Waals surface area contributed by atoms with Gasteiger partial charge in [-0.1, -0.05) is 19.6 Å². The first-order valence-electron chi connectivity index (χ1n) is 5.31. The summed E-state index contributed by atoms with van der Waals surface area (Å²) >= 11 is 0. The van der Waals surface area contributed by atoms with Gasteiger partial charge in [0.15, 0.2) is 0 Å². The monoisotopic (exact) mass is 219 g/mol. The molecule has 1 N–H and O–H groups in total. The number of nitrogens with one attached hydrogen (secondary N) is 1. The lowest BCUT2D eigenvalue weighted by molar-refractivity contribution is 0.0953. The van der Waals surface area contributed by atoms with Crippen LogP contribution < -0.4 is 10.1 Å². The number of carbonyl (C=O) groups is 1. The highest BCUT2D eigenvalue weighted by Gasteiger charge is 2.07. The minimum atomic E-state index is -0.0624. The van der Waals surface area contributed by atoms with E-state index in [2.05, 4.69) is 11.9 Å². The Hall–Kier alpha value is -1.77. The molecule has 0 aromatic heterocycles. The summed E-state index contributed by atoms with van der Waals surface area (Å²) in [5.74, 6) is 0.662. The number of rotatable bonds is 5. The van der Waals surface area contributed by atoms with Crippen molar-refractivity contribution in [2.75, 3.05) is 13.7 Å². The van der Waals surface area contributed by atoms with E-state index >= 15 is 0 Å². The van der Waals surface area contributed by atoms with Gasteiger partial charge in [0.1, 0.15) is 5.75 Å². The Kier molecular flexibility index (Phi) is 4.58. The molecule has 1 amide bonds. The molecule has 1 rings (SSSR count). The van der Waals surface area contributed by atoms with Crippen molar-refractivity contribution in [2.45, 2.75) is 13.3 Å². The maximum absolute atomic E-state index is 11.7. The van der Waals surface area contributed by atoms with Crippen LogP contribution in [0.2, 0.25) is 0 Å². The van der Waals surface area contributed by atoms with Crippen molar-refractivity contribution in [2.24, 2.45) is 0 Å². The Morgan fingerprint density at radius 3 is 2.88 bits per heavy atom. The van der Waals surface area contributed by atoms with E-state index in [9.17, 15) is 4.79 Å². The second-order valence-corrected chi connectivity index (χ2v) is 3.42. The summed E-state index contributed by atoms with van der Waals surface area (Å²) in [7, 11) is 1.60. The average molecular weight is 219 g/mol. The van der Waals surface area contributed by atoms with Crippen molar-refractivity contribution in [3.05, 3.63) is 35.9 Å². The van der Waals surface area contributed by atoms with Gasteiger partial charge in [0, 0.05) is 17.7 Å². The molecule has 0 bridgehead atoms. The fourth-order valence-electron chi connectivity index (χ4n) is 1.38. The molecule has 1 aromatic rings. The lowest BCUT2D eigenvalue weighted by atomic mass is 10.1. The van der Waals surface area contributed by atoms with Crippen molar-refractivity contribution in [3.63, 3.8) is 0 Å². The SMILES string of the molecule is C=Cc1cc(C(=O)NCCC)ccc1OC. The lowest BCUT2D eigenvalue weighted by Crippen LogP contribution is -2.23. The molecule has 0 radical (unpaired) electrons. The fourth-order valence-corrected chi connectivity index (χ4v) is 1.38. The zero-order valence-corrected chi connectivity index (χ0v) is 9.75. The fraction of sp³-hybridized carbons (Fsp3) is 0.308. The lowest BCUT2D eigenvalue weighted by Gasteiger charge is -2.08. The van der Waals surface area contributed by atoms with Crippen molar-refractivity contribution in [3.8, 4) is 5.75 Å². The van der Waals surface area contributed by atoms with Crippen molar-refractivity contribution < 1.29 is 9.53 Å². The predicted molar refractivity (Wildman–Crippen MR) is 65.7 cm³/mol. The number of carbonyl (C=O) groups excluding carboxylic acids is 1. The maximum Gasteiger partial charge on any atom is 0.251 e. The first kappa shape index (κ1) is 12.3. The molecule has 0 saturated heterocycles. The molecule has 0 unspecified atom stereocenters. The molecule has 86 valence electrons. The van der Waals surface area contributed by atoms with Gasteiger partial charge in [-0.3, -0.25) is 4.79 Å². The van der Waals surface area contributed by atoms with E-state index in [4.69, 9.17) is 4.74 Å². The molecule has 3 heteroatoms. The molecular formula is C13H17NO2. The van der Waals surface area contributed by atoms with E-state index in [-0.39, 0.29) is 5.91 Å². The summed E-state index contributed by atoms with van der Waals surface area (Å²) in [6.45, 7) is 6.40. The van der Waals surface area contributed by atoms with E-state index < -0.39 is 0 Å². The Morgan fingerprint density at radius 2 is 2.31 bits per heavy atom. The number of amides is 1. The Labute approximate surface area is 96.1 Å². The molecule has 0 heterocycles. The largest absolute Gasteiger partial charge is 0.496 e. The van der Waals surface area contributed by atoms with Crippen LogP contribution in [0.4, 0.5) is 0 Å². The van der Waals surface area contributed by atoms with E-state index in [1.165, 1.54) is 0 Å². The predicted octanol–water partition coefficient (Wildman–Crippen LogP) is 2.48. The van der Waals surface area contributed by atoms with Crippen LogP contribution in [0.25, 0.3) is 6.08 Å². The first-order valence-corrected chi connectivity index (χ1v) is 5.31. The number of hydrogen-bond donors (Lipinski definition) is 1. The molecule has 0 spiro atoms. The minimum absolute atomic E-state index is 0.0624. The van der Waals surface area contributed by atoms with Crippen LogP contribution in [0.5, 0.6) is 5.75 Å². The van der Waals surface area contributed by atoms with Gasteiger partial charge in [0.05, 0.1) is 7.11 Å². The maximum atomic E-state index is 11.7. The standard InChI is InChI=1S/C13H17NO2/c1-4-8-14-13(15)11-6-7-12(16-3)10(5-2)9-11/h5-7,9H,2,4,8H2,1,3H3,(H,14,15). The molecule has 0 aliphatic rings. The van der Waals surface area contributed by atoms with Gasteiger partial charge >= 0.3 is 0 Å². The van der Waals surface area contributed by atoms with Crippen molar-refractivity contribution in [1.29, 1.82) is 0 Å². The minimum Gasteiger partial charge on any atom is -0.496 e. The van der Waals surface area contributed by atoms with Gasteiger partial charge in [0.2, 0.25) is 0 Å². The third-order valence-corrected chi connectivity index (χ3v) is 2.25. The second-order valence-electron chi connectivity index (χ2n) is 3.42. The molecule has 0 fully saturated rings. The normalized spacial score (nSPS) is 9.62. The van der Waals surface area contributed by atoms with Crippen LogP contribution in [-0.2, 0) is 0 Å². The van der Waals surface area contributed by atoms with Crippen LogP contribution in [-0.4, -0.2) is 19.6 Å². The van der Waals surface area contributed by atoms with E-state index in [0.717, 1.165) is 17.7 Å². The highest BCUT2D eigenvalue weighted by molar-refractivity contribution is 5.95. The average Bonchev–Trinajstić information content (AvgIpc) is 2.34. The van der Waals surface area contributed by atoms with Gasteiger partial charge in [-0.15, -0.1) is 0 Å². The quantitative estimate of drug-likeness (QED) is 0.826. The van der Waals surface area contributed by atoms with E-state index in [0.29, 0.717) is 12.1 Å². The van der Waals surface area contributed by atoms with Gasteiger partial charge in [0.25, 0.3) is 5.91 Å². The zero-order valence-electron chi connectivity index (χ0n) is 9.75. The Morgan fingerprint density at radius 1 is 1.56 bits per heavy atom. The number of benzene rings is 1. The van der Waals surface area contributed by atoms with E-state index in [1.807, 2.05) is 6.92 Å². The second kappa shape index (κ2) is 5.95. The summed E-state index contributed by atoms with van der Waals surface area (Å²) in [5.41, 5.74) is 1.45. The molecule has 0 saturated carbocycles. The molecule has 0 aliphatic heterocycles. The molecule has 0 aliphatic carbocycles. The van der Waals surface area contributed by atoms with Crippen LogP contribution in [0.1, 0.15) is 29.3 Å². The van der Waals surface area contributed by atoms with Crippen molar-refractivity contribution >= 4 is 12.0 Å². The van der Waals surface area contributed by atoms with E-state index in [1.54, 1.807) is 31.4 Å². The molecule has 3 nitrogen and oxygen atoms in total. The Balaban J connectivity index is 2.90. The topological polar surface area (TPSA) is 38.3 Å². The van der Waals surface area contributed by atoms with Crippen LogP contribution in [0, 0.1) is 0 Å². The summed E-state index contributed by atoms with van der Waals surface area (Å²) in [5, 5.41) is 2.82. The van der Waals surface area contributed by atoms with Crippen molar-refractivity contribution in [1.82, 2.24) is 5.32 Å². The zero-order chi connectivity index (χ0) is 12.0. The molecule has 1 aromatic carbocycles. The third kappa shape index (κ3) is 2.86. The third-order valence-electron chi connectivity index (χ3n) is 2.25. The van der Waals surface area contributed by atoms with Gasteiger partial charge < -0.3 is 10.1 Å². The number of methoxy groups -OCH3 is 1. The molecule has 16 heavy (non-hydrogen) atoms. The van der Waals surface area contributed by atoms with Gasteiger partial charge in [-0.2, -0.15) is 0 Å². The summed E-state index contributed by atoms with van der Waals surface area (Å²) in [4.78, 5) is 11.7. The highest BCUT2D eigenvalue weighted by Crippen LogP contribution is 2.20. The smallest absolute Gasteiger partial charge is 0.251 e. The van der Waals surface area contributed by atoms with Gasteiger partial charge in [-0.25, -0.2) is 0 Å². The van der Waals surface area contributed by atoms with Crippen LogP contribution in [0.15, 0.2) is 24.8 Å². The summed E-state index contributed by atoms with van der Waals surface area (Å²) < 4.78 is 5.15.